The number of nitrogens with one attached hydrogen (secondary N) is 1. The Bertz CT molecular complexity index is 699. The van der Waals surface area contributed by atoms with E-state index < -0.39 is 0 Å². The van der Waals surface area contributed by atoms with E-state index >= 15 is 0 Å². The van der Waals surface area contributed by atoms with Crippen LogP contribution in [0.5, 0.6) is 11.5 Å². The Morgan fingerprint density at radius 2 is 2.23 bits per heavy atom. The van der Waals surface area contributed by atoms with E-state index in [1.807, 2.05) is 19.2 Å². The molecule has 0 radical (unpaired) electrons. The van der Waals surface area contributed by atoms with Crippen LogP contribution in [0, 0.1) is 0 Å². The number of ether oxygens (including phenoxy) is 2. The fraction of sp³-hybridized carbons (Fsp3) is 0.438. The molecule has 0 amide bonds. The summed E-state index contributed by atoms with van der Waals surface area (Å²) in [6.45, 7) is 5.60. The Hall–Kier alpha value is -1.48. The zero-order chi connectivity index (χ0) is 18.1. The summed E-state index contributed by atoms with van der Waals surface area (Å²) in [6.07, 6.45) is 2.67. The number of tetrazole rings is 1. The second-order valence-corrected chi connectivity index (χ2v) is 6.64. The molecule has 0 saturated heterocycles. The molecule has 0 saturated carbocycles. The number of benzene rings is 1. The van der Waals surface area contributed by atoms with Gasteiger partial charge < -0.3 is 14.8 Å². The number of hydrogen-bond acceptors (Lipinski definition) is 7. The summed E-state index contributed by atoms with van der Waals surface area (Å²) in [7, 11) is 3.43. The molecule has 1 aromatic carbocycles. The van der Waals surface area contributed by atoms with Crippen LogP contribution < -0.4 is 14.8 Å². The molecule has 1 aromatic heterocycles. The van der Waals surface area contributed by atoms with Gasteiger partial charge in [-0.05, 0) is 41.1 Å². The molecule has 0 aliphatic heterocycles. The number of methoxy groups -OCH3 is 1. The molecule has 0 fully saturated rings. The van der Waals surface area contributed by atoms with Crippen LogP contribution in [0.25, 0.3) is 0 Å². The zero-order valence-electron chi connectivity index (χ0n) is 14.8. The average Bonchev–Trinajstić information content (AvgIpc) is 3.01. The van der Waals surface area contributed by atoms with Gasteiger partial charge in [-0.25, -0.2) is 4.68 Å². The van der Waals surface area contributed by atoms with E-state index in [0.29, 0.717) is 29.7 Å². The van der Waals surface area contributed by atoms with E-state index in [1.165, 1.54) is 0 Å². The Kier molecular flexibility index (Phi) is 10.4. The van der Waals surface area contributed by atoms with Crippen molar-refractivity contribution in [2.75, 3.05) is 26.0 Å². The predicted octanol–water partition coefficient (Wildman–Crippen LogP) is 3.13. The van der Waals surface area contributed by atoms with Crippen LogP contribution in [-0.4, -0.2) is 46.2 Å². The van der Waals surface area contributed by atoms with Crippen molar-refractivity contribution in [1.82, 2.24) is 25.5 Å². The number of hydrogen-bond donors (Lipinski definition) is 1. The summed E-state index contributed by atoms with van der Waals surface area (Å²) >= 11 is 7.93. The zero-order valence-corrected chi connectivity index (χ0v) is 17.2. The Balaban J connectivity index is 0.00000338. The molecule has 0 unspecified atom stereocenters. The van der Waals surface area contributed by atoms with Gasteiger partial charge >= 0.3 is 0 Å². The number of nitrogens with zero attached hydrogens (tertiary/aromatic N) is 4. The van der Waals surface area contributed by atoms with Gasteiger partial charge in [-0.2, -0.15) is 0 Å². The van der Waals surface area contributed by atoms with Crippen LogP contribution in [0.15, 0.2) is 29.9 Å². The fourth-order valence-electron chi connectivity index (χ4n) is 2.09. The third-order valence-electron chi connectivity index (χ3n) is 3.27. The SMILES string of the molecule is C=CCOc1c(Cl)cc(CNCCCSc2nnnn2C)cc1OC.Cl. The Morgan fingerprint density at radius 3 is 2.88 bits per heavy atom. The highest BCUT2D eigenvalue weighted by Gasteiger charge is 2.11. The summed E-state index contributed by atoms with van der Waals surface area (Å²) < 4.78 is 12.6. The highest BCUT2D eigenvalue weighted by Crippen LogP contribution is 2.36. The van der Waals surface area contributed by atoms with Crippen molar-refractivity contribution in [2.45, 2.75) is 18.1 Å². The molecule has 0 aliphatic carbocycles. The van der Waals surface area contributed by atoms with Gasteiger partial charge in [0.1, 0.15) is 6.61 Å². The minimum Gasteiger partial charge on any atom is -0.493 e. The highest BCUT2D eigenvalue weighted by molar-refractivity contribution is 7.99. The maximum atomic E-state index is 6.29. The first kappa shape index (κ1) is 22.6. The van der Waals surface area contributed by atoms with E-state index in [2.05, 4.69) is 27.4 Å². The van der Waals surface area contributed by atoms with Gasteiger partial charge in [0.2, 0.25) is 5.16 Å². The average molecular weight is 420 g/mol. The van der Waals surface area contributed by atoms with Crippen LogP contribution in [-0.2, 0) is 13.6 Å². The van der Waals surface area contributed by atoms with Crippen LogP contribution in [0.2, 0.25) is 5.02 Å². The summed E-state index contributed by atoms with van der Waals surface area (Å²) in [5.41, 5.74) is 1.04. The van der Waals surface area contributed by atoms with Gasteiger partial charge in [-0.3, -0.25) is 0 Å². The monoisotopic (exact) mass is 419 g/mol. The maximum absolute atomic E-state index is 6.29. The van der Waals surface area contributed by atoms with Crippen LogP contribution in [0.3, 0.4) is 0 Å². The summed E-state index contributed by atoms with van der Waals surface area (Å²) in [5.74, 6) is 2.11. The molecule has 0 aliphatic rings. The van der Waals surface area contributed by atoms with E-state index in [0.717, 1.165) is 29.4 Å². The van der Waals surface area contributed by atoms with E-state index in [1.54, 1.807) is 29.6 Å². The molecule has 1 heterocycles. The summed E-state index contributed by atoms with van der Waals surface area (Å²) in [5, 5.41) is 16.1. The van der Waals surface area contributed by atoms with E-state index in [9.17, 15) is 0 Å². The molecule has 144 valence electrons. The van der Waals surface area contributed by atoms with Gasteiger partial charge in [0.25, 0.3) is 0 Å². The standard InChI is InChI=1S/C16H22ClN5O2S.ClH/c1-4-7-24-15-13(17)9-12(10-14(15)23-3)11-18-6-5-8-25-16-19-20-21-22(16)2;/h4,9-10,18H,1,5-8,11H2,2-3H3;1H. The van der Waals surface area contributed by atoms with Crippen molar-refractivity contribution in [3.63, 3.8) is 0 Å². The lowest BCUT2D eigenvalue weighted by molar-refractivity contribution is 0.326. The van der Waals surface area contributed by atoms with Crippen molar-refractivity contribution in [3.8, 4) is 11.5 Å². The first-order valence-corrected chi connectivity index (χ1v) is 9.18. The van der Waals surface area contributed by atoms with Gasteiger partial charge in [0.05, 0.1) is 12.1 Å². The van der Waals surface area contributed by atoms with Crippen molar-refractivity contribution < 1.29 is 9.47 Å². The molecule has 26 heavy (non-hydrogen) atoms. The Labute approximate surface area is 168 Å². The lowest BCUT2D eigenvalue weighted by Crippen LogP contribution is -2.15. The fourth-order valence-corrected chi connectivity index (χ4v) is 3.17. The topological polar surface area (TPSA) is 74.1 Å². The predicted molar refractivity (Wildman–Crippen MR) is 107 cm³/mol. The molecular formula is C16H23Cl2N5O2S. The number of rotatable bonds is 11. The van der Waals surface area contributed by atoms with Crippen LogP contribution >= 0.6 is 35.8 Å². The number of halogens is 2. The van der Waals surface area contributed by atoms with Gasteiger partial charge in [-0.15, -0.1) is 17.5 Å². The van der Waals surface area contributed by atoms with Crippen LogP contribution in [0.1, 0.15) is 12.0 Å². The molecule has 2 rings (SSSR count). The minimum absolute atomic E-state index is 0. The molecule has 0 spiro atoms. The van der Waals surface area contributed by atoms with E-state index in [-0.39, 0.29) is 12.4 Å². The Morgan fingerprint density at radius 1 is 1.42 bits per heavy atom. The maximum Gasteiger partial charge on any atom is 0.209 e. The second kappa shape index (κ2) is 12.0. The van der Waals surface area contributed by atoms with Crippen molar-refractivity contribution in [1.29, 1.82) is 0 Å². The van der Waals surface area contributed by atoms with Gasteiger partial charge in [-0.1, -0.05) is 36.0 Å². The van der Waals surface area contributed by atoms with Crippen LogP contribution in [0.4, 0.5) is 0 Å². The van der Waals surface area contributed by atoms with Crippen molar-refractivity contribution >= 4 is 35.8 Å². The van der Waals surface area contributed by atoms with Crippen molar-refractivity contribution in [2.24, 2.45) is 7.05 Å². The minimum atomic E-state index is 0. The smallest absolute Gasteiger partial charge is 0.209 e. The summed E-state index contributed by atoms with van der Waals surface area (Å²) in [6, 6.07) is 3.81. The number of aromatic nitrogens is 4. The third kappa shape index (κ3) is 6.68. The largest absolute Gasteiger partial charge is 0.493 e. The molecule has 1 N–H and O–H groups in total. The quantitative estimate of drug-likeness (QED) is 0.340. The molecular weight excluding hydrogens is 397 g/mol. The lowest BCUT2D eigenvalue weighted by Gasteiger charge is -2.13. The molecule has 0 bridgehead atoms. The van der Waals surface area contributed by atoms with Gasteiger partial charge in [0.15, 0.2) is 11.5 Å². The van der Waals surface area contributed by atoms with Crippen molar-refractivity contribution in [3.05, 3.63) is 35.4 Å². The molecule has 0 atom stereocenters. The summed E-state index contributed by atoms with van der Waals surface area (Å²) in [4.78, 5) is 0. The first-order valence-electron chi connectivity index (χ1n) is 7.81. The number of aryl methyl sites for hydroxylation is 1. The first-order chi connectivity index (χ1) is 12.2. The highest BCUT2D eigenvalue weighted by atomic mass is 35.5. The lowest BCUT2D eigenvalue weighted by atomic mass is 10.2. The number of thioether (sulfide) groups is 1. The second-order valence-electron chi connectivity index (χ2n) is 5.17. The van der Waals surface area contributed by atoms with E-state index in [4.69, 9.17) is 21.1 Å². The molecule has 2 aromatic rings. The van der Waals surface area contributed by atoms with Gasteiger partial charge in [0, 0.05) is 19.3 Å². The molecule has 10 heteroatoms. The normalized spacial score (nSPS) is 10.3. The molecule has 7 nitrogen and oxygen atoms in total. The third-order valence-corrected chi connectivity index (χ3v) is 4.65.